The standard InChI is InChI=1S/C15H11BrClN3O/c16-12-7-11(4-5-13(12)17)20-14(15(19)21)10-3-1-2-9(6-10)8-18/h1-7,14,20H,(H2,19,21). The third-order valence-electron chi connectivity index (χ3n) is 2.86. The van der Waals surface area contributed by atoms with Gasteiger partial charge >= 0.3 is 0 Å². The molecule has 21 heavy (non-hydrogen) atoms. The van der Waals surface area contributed by atoms with E-state index in [0.29, 0.717) is 26.3 Å². The number of carbonyl (C=O) groups excluding carboxylic acids is 1. The summed E-state index contributed by atoms with van der Waals surface area (Å²) in [5, 5.41) is 12.5. The molecule has 0 aromatic heterocycles. The lowest BCUT2D eigenvalue weighted by Gasteiger charge is -2.17. The second-order valence-electron chi connectivity index (χ2n) is 4.35. The van der Waals surface area contributed by atoms with Crippen molar-refractivity contribution in [2.24, 2.45) is 5.73 Å². The van der Waals surface area contributed by atoms with Crippen LogP contribution in [0.2, 0.25) is 5.02 Å². The van der Waals surface area contributed by atoms with Crippen LogP contribution in [0, 0.1) is 11.3 Å². The van der Waals surface area contributed by atoms with E-state index in [-0.39, 0.29) is 0 Å². The number of primary amides is 1. The number of hydrogen-bond acceptors (Lipinski definition) is 3. The lowest BCUT2D eigenvalue weighted by molar-refractivity contribution is -0.118. The fraction of sp³-hybridized carbons (Fsp3) is 0.0667. The highest BCUT2D eigenvalue weighted by molar-refractivity contribution is 9.10. The van der Waals surface area contributed by atoms with Gasteiger partial charge < -0.3 is 11.1 Å². The van der Waals surface area contributed by atoms with Crippen molar-refractivity contribution in [2.45, 2.75) is 6.04 Å². The van der Waals surface area contributed by atoms with Gasteiger partial charge in [-0.05, 0) is 51.8 Å². The van der Waals surface area contributed by atoms with E-state index in [0.717, 1.165) is 0 Å². The van der Waals surface area contributed by atoms with E-state index in [1.807, 2.05) is 6.07 Å². The lowest BCUT2D eigenvalue weighted by Crippen LogP contribution is -2.27. The monoisotopic (exact) mass is 363 g/mol. The smallest absolute Gasteiger partial charge is 0.244 e. The summed E-state index contributed by atoms with van der Waals surface area (Å²) in [5.74, 6) is -0.531. The van der Waals surface area contributed by atoms with Crippen molar-refractivity contribution < 1.29 is 4.79 Å². The molecule has 0 radical (unpaired) electrons. The third-order valence-corrected chi connectivity index (χ3v) is 4.08. The van der Waals surface area contributed by atoms with Crippen LogP contribution in [-0.4, -0.2) is 5.91 Å². The Morgan fingerprint density at radius 1 is 1.33 bits per heavy atom. The van der Waals surface area contributed by atoms with Crippen molar-refractivity contribution in [3.05, 3.63) is 63.1 Å². The van der Waals surface area contributed by atoms with Gasteiger partial charge in [-0.25, -0.2) is 0 Å². The summed E-state index contributed by atoms with van der Waals surface area (Å²) < 4.78 is 0.711. The maximum absolute atomic E-state index is 11.7. The van der Waals surface area contributed by atoms with Crippen LogP contribution in [0.3, 0.4) is 0 Å². The van der Waals surface area contributed by atoms with Crippen LogP contribution in [0.4, 0.5) is 5.69 Å². The van der Waals surface area contributed by atoms with Crippen LogP contribution < -0.4 is 11.1 Å². The van der Waals surface area contributed by atoms with Gasteiger partial charge in [-0.3, -0.25) is 4.79 Å². The maximum Gasteiger partial charge on any atom is 0.244 e. The number of amides is 1. The zero-order chi connectivity index (χ0) is 15.4. The van der Waals surface area contributed by atoms with Crippen molar-refractivity contribution in [1.82, 2.24) is 0 Å². The third kappa shape index (κ3) is 3.75. The highest BCUT2D eigenvalue weighted by atomic mass is 79.9. The molecule has 4 nitrogen and oxygen atoms in total. The summed E-state index contributed by atoms with van der Waals surface area (Å²) >= 11 is 9.25. The Morgan fingerprint density at radius 2 is 2.10 bits per heavy atom. The van der Waals surface area contributed by atoms with E-state index in [1.165, 1.54) is 0 Å². The molecule has 2 aromatic carbocycles. The van der Waals surface area contributed by atoms with Crippen LogP contribution in [0.25, 0.3) is 0 Å². The first-order chi connectivity index (χ1) is 10.0. The number of halogens is 2. The number of nitrogens with zero attached hydrogens (tertiary/aromatic N) is 1. The molecule has 1 unspecified atom stereocenters. The Balaban J connectivity index is 2.33. The summed E-state index contributed by atoms with van der Waals surface area (Å²) in [4.78, 5) is 11.7. The summed E-state index contributed by atoms with van der Waals surface area (Å²) in [6.45, 7) is 0. The first-order valence-electron chi connectivity index (χ1n) is 6.02. The van der Waals surface area contributed by atoms with E-state index >= 15 is 0 Å². The van der Waals surface area contributed by atoms with Gasteiger partial charge in [0.1, 0.15) is 6.04 Å². The van der Waals surface area contributed by atoms with Crippen LogP contribution in [0.1, 0.15) is 17.2 Å². The van der Waals surface area contributed by atoms with Gasteiger partial charge in [0.25, 0.3) is 0 Å². The van der Waals surface area contributed by atoms with E-state index in [1.54, 1.807) is 42.5 Å². The van der Waals surface area contributed by atoms with Gasteiger partial charge in [0.05, 0.1) is 16.7 Å². The molecule has 1 amide bonds. The summed E-state index contributed by atoms with van der Waals surface area (Å²) in [6, 6.07) is 13.3. The predicted molar refractivity (Wildman–Crippen MR) is 85.9 cm³/mol. The van der Waals surface area contributed by atoms with E-state index in [4.69, 9.17) is 22.6 Å². The Kier molecular flexibility index (Phi) is 4.84. The highest BCUT2D eigenvalue weighted by Gasteiger charge is 2.18. The zero-order valence-corrected chi connectivity index (χ0v) is 13.1. The fourth-order valence-electron chi connectivity index (χ4n) is 1.86. The largest absolute Gasteiger partial charge is 0.370 e. The molecule has 2 aromatic rings. The molecule has 6 heteroatoms. The molecule has 0 aliphatic carbocycles. The van der Waals surface area contributed by atoms with Crippen LogP contribution in [0.5, 0.6) is 0 Å². The number of benzene rings is 2. The average molecular weight is 365 g/mol. The van der Waals surface area contributed by atoms with Gasteiger partial charge in [-0.2, -0.15) is 5.26 Å². The van der Waals surface area contributed by atoms with E-state index in [2.05, 4.69) is 21.2 Å². The number of hydrogen-bond donors (Lipinski definition) is 2. The fourth-order valence-corrected chi connectivity index (χ4v) is 2.36. The van der Waals surface area contributed by atoms with Crippen molar-refractivity contribution in [2.75, 3.05) is 5.32 Å². The average Bonchev–Trinajstić information content (AvgIpc) is 2.48. The number of nitrogens with one attached hydrogen (secondary N) is 1. The van der Waals surface area contributed by atoms with Crippen LogP contribution in [-0.2, 0) is 4.79 Å². The van der Waals surface area contributed by atoms with Crippen molar-refractivity contribution in [1.29, 1.82) is 5.26 Å². The molecule has 2 rings (SSSR count). The molecule has 3 N–H and O–H groups in total. The first-order valence-corrected chi connectivity index (χ1v) is 7.19. The van der Waals surface area contributed by atoms with Gasteiger partial charge in [-0.15, -0.1) is 0 Å². The SMILES string of the molecule is N#Cc1cccc(C(Nc2ccc(Cl)c(Br)c2)C(N)=O)c1. The molecular formula is C15H11BrClN3O. The minimum absolute atomic E-state index is 0.470. The van der Waals surface area contributed by atoms with Gasteiger partial charge in [0.15, 0.2) is 0 Å². The summed E-state index contributed by atoms with van der Waals surface area (Å²) in [5.41, 5.74) is 7.25. The Morgan fingerprint density at radius 3 is 2.71 bits per heavy atom. The van der Waals surface area contributed by atoms with Crippen LogP contribution in [0.15, 0.2) is 46.9 Å². The van der Waals surface area contributed by atoms with Crippen molar-refractivity contribution >= 4 is 39.1 Å². The quantitative estimate of drug-likeness (QED) is 0.869. The minimum Gasteiger partial charge on any atom is -0.370 e. The second kappa shape index (κ2) is 6.61. The zero-order valence-electron chi connectivity index (χ0n) is 10.8. The lowest BCUT2D eigenvalue weighted by atomic mass is 10.0. The molecule has 0 saturated carbocycles. The predicted octanol–water partition coefficient (Wildman–Crippen LogP) is 3.61. The van der Waals surface area contributed by atoms with Crippen molar-refractivity contribution in [3.63, 3.8) is 0 Å². The first kappa shape index (κ1) is 15.4. The molecule has 1 atom stereocenters. The number of nitrogens with two attached hydrogens (primary N) is 1. The Labute approximate surface area is 135 Å². The second-order valence-corrected chi connectivity index (χ2v) is 5.61. The summed E-state index contributed by atoms with van der Waals surface area (Å²) in [6.07, 6.45) is 0. The molecule has 106 valence electrons. The van der Waals surface area contributed by atoms with Crippen LogP contribution >= 0.6 is 27.5 Å². The van der Waals surface area contributed by atoms with E-state index in [9.17, 15) is 4.79 Å². The molecule has 0 spiro atoms. The highest BCUT2D eigenvalue weighted by Crippen LogP contribution is 2.28. The van der Waals surface area contributed by atoms with Gasteiger partial charge in [0.2, 0.25) is 5.91 Å². The molecule has 0 bridgehead atoms. The summed E-state index contributed by atoms with van der Waals surface area (Å²) in [7, 11) is 0. The minimum atomic E-state index is -0.730. The van der Waals surface area contributed by atoms with Gasteiger partial charge in [0, 0.05) is 10.2 Å². The molecule has 0 saturated heterocycles. The molecular weight excluding hydrogens is 354 g/mol. The maximum atomic E-state index is 11.7. The number of carbonyl (C=O) groups is 1. The molecule has 0 fully saturated rings. The topological polar surface area (TPSA) is 78.9 Å². The number of anilines is 1. The van der Waals surface area contributed by atoms with E-state index < -0.39 is 11.9 Å². The normalized spacial score (nSPS) is 11.5. The van der Waals surface area contributed by atoms with Gasteiger partial charge in [-0.1, -0.05) is 23.7 Å². The molecule has 0 aliphatic heterocycles. The molecule has 0 heterocycles. The number of nitriles is 1. The Bertz CT molecular complexity index is 727. The van der Waals surface area contributed by atoms with Crippen molar-refractivity contribution in [3.8, 4) is 6.07 Å². The number of rotatable bonds is 4. The molecule has 0 aliphatic rings. The Hall–Kier alpha value is -2.03.